The molecule has 1 aliphatic heterocycles. The van der Waals surface area contributed by atoms with E-state index < -0.39 is 0 Å². The molecule has 1 aromatic heterocycles. The van der Waals surface area contributed by atoms with E-state index in [-0.39, 0.29) is 18.0 Å². The molecule has 0 amide bonds. The minimum Gasteiger partial charge on any atom is -0.508 e. The van der Waals surface area contributed by atoms with Crippen molar-refractivity contribution in [3.8, 4) is 11.4 Å². The highest BCUT2D eigenvalue weighted by Gasteiger charge is 2.25. The fourth-order valence-electron chi connectivity index (χ4n) is 3.16. The van der Waals surface area contributed by atoms with Gasteiger partial charge in [0.1, 0.15) is 5.75 Å². The Balaban J connectivity index is 1.42. The van der Waals surface area contributed by atoms with Gasteiger partial charge in [-0.1, -0.05) is 12.1 Å². The van der Waals surface area contributed by atoms with Gasteiger partial charge < -0.3 is 15.0 Å². The normalized spacial score (nSPS) is 19.9. The molecule has 2 aromatic carbocycles. The van der Waals surface area contributed by atoms with Gasteiger partial charge in [0, 0.05) is 36.2 Å². The van der Waals surface area contributed by atoms with Crippen LogP contribution in [0.5, 0.6) is 5.75 Å². The lowest BCUT2D eigenvalue weighted by Gasteiger charge is -2.16. The van der Waals surface area contributed by atoms with Crippen LogP contribution in [-0.4, -0.2) is 20.8 Å². The number of aromatic hydroxyl groups is 1. The lowest BCUT2D eigenvalue weighted by Crippen LogP contribution is -2.36. The zero-order valence-corrected chi connectivity index (χ0v) is 14.0. The van der Waals surface area contributed by atoms with Crippen molar-refractivity contribution in [1.29, 1.82) is 0 Å². The summed E-state index contributed by atoms with van der Waals surface area (Å²) in [5.41, 5.74) is 11.0. The Hall–Kier alpha value is -2.83. The first-order valence-electron chi connectivity index (χ1n) is 8.34. The molecule has 128 valence electrons. The maximum absolute atomic E-state index is 9.52. The number of aromatic nitrogens is 2. The maximum atomic E-state index is 9.52. The summed E-state index contributed by atoms with van der Waals surface area (Å²) in [4.78, 5) is 4.08. The number of aryl methyl sites for hydroxylation is 1. The highest BCUT2D eigenvalue weighted by atomic mass is 16.3. The van der Waals surface area contributed by atoms with Crippen LogP contribution >= 0.6 is 0 Å². The van der Waals surface area contributed by atoms with Gasteiger partial charge in [0.2, 0.25) is 0 Å². The van der Waals surface area contributed by atoms with Crippen LogP contribution in [-0.2, 0) is 0 Å². The number of phenolic OH excluding ortho intramolecular Hbond substituents is 1. The number of nitrogens with one attached hydrogen (secondary N) is 3. The molecule has 1 fully saturated rings. The van der Waals surface area contributed by atoms with Crippen molar-refractivity contribution >= 4 is 5.69 Å². The minimum atomic E-state index is 0.126. The second-order valence-corrected chi connectivity index (χ2v) is 6.33. The maximum Gasteiger partial charge on any atom is 0.115 e. The summed E-state index contributed by atoms with van der Waals surface area (Å²) < 4.78 is 1.99. The number of rotatable bonds is 4. The molecule has 6 heteroatoms. The third-order valence-electron chi connectivity index (χ3n) is 4.54. The van der Waals surface area contributed by atoms with Gasteiger partial charge in [-0.05, 0) is 48.4 Å². The standard InChI is InChI=1S/C19H21N5O/c1-13-10-16(25)6-7-17(13)21-19-11-18(22-23-19)14-2-4-15(5-3-14)24-9-8-20-12-24/h2-10,12,18-19,21-23,25H,11H2,1H3. The van der Waals surface area contributed by atoms with Crippen molar-refractivity contribution in [2.45, 2.75) is 25.6 Å². The third kappa shape index (κ3) is 3.35. The predicted octanol–water partition coefficient (Wildman–Crippen LogP) is 2.86. The molecule has 2 unspecified atom stereocenters. The molecule has 1 aliphatic rings. The van der Waals surface area contributed by atoms with Gasteiger partial charge in [-0.2, -0.15) is 0 Å². The summed E-state index contributed by atoms with van der Waals surface area (Å²) in [7, 11) is 0. The Morgan fingerprint density at radius 3 is 2.72 bits per heavy atom. The Kier molecular flexibility index (Phi) is 4.13. The van der Waals surface area contributed by atoms with E-state index in [0.29, 0.717) is 0 Å². The van der Waals surface area contributed by atoms with Gasteiger partial charge in [-0.15, -0.1) is 0 Å². The van der Waals surface area contributed by atoms with E-state index in [1.165, 1.54) is 5.56 Å². The molecule has 4 N–H and O–H groups in total. The summed E-state index contributed by atoms with van der Waals surface area (Å²) in [6.07, 6.45) is 6.55. The molecule has 0 aliphatic carbocycles. The monoisotopic (exact) mass is 335 g/mol. The molecule has 6 nitrogen and oxygen atoms in total. The average Bonchev–Trinajstić information content (AvgIpc) is 3.30. The van der Waals surface area contributed by atoms with Crippen molar-refractivity contribution in [3.63, 3.8) is 0 Å². The van der Waals surface area contributed by atoms with Crippen molar-refractivity contribution in [1.82, 2.24) is 20.4 Å². The van der Waals surface area contributed by atoms with Crippen LogP contribution in [0.3, 0.4) is 0 Å². The first-order chi connectivity index (χ1) is 12.2. The van der Waals surface area contributed by atoms with Crippen LogP contribution in [0, 0.1) is 6.92 Å². The van der Waals surface area contributed by atoms with Crippen molar-refractivity contribution in [2.75, 3.05) is 5.32 Å². The van der Waals surface area contributed by atoms with E-state index >= 15 is 0 Å². The van der Waals surface area contributed by atoms with Gasteiger partial charge in [-0.25, -0.2) is 15.8 Å². The molecule has 2 heterocycles. The SMILES string of the molecule is Cc1cc(O)ccc1NC1CC(c2ccc(-n3ccnc3)cc2)NN1. The fourth-order valence-corrected chi connectivity index (χ4v) is 3.16. The fraction of sp³-hybridized carbons (Fsp3) is 0.211. The van der Waals surface area contributed by atoms with Crippen LogP contribution in [0.4, 0.5) is 5.69 Å². The quantitative estimate of drug-likeness (QED) is 0.552. The Bertz CT molecular complexity index is 845. The Morgan fingerprint density at radius 2 is 2.00 bits per heavy atom. The number of anilines is 1. The highest BCUT2D eigenvalue weighted by Crippen LogP contribution is 2.26. The predicted molar refractivity (Wildman–Crippen MR) is 97.4 cm³/mol. The zero-order valence-electron chi connectivity index (χ0n) is 14.0. The Morgan fingerprint density at radius 1 is 1.16 bits per heavy atom. The van der Waals surface area contributed by atoms with E-state index in [4.69, 9.17) is 0 Å². The number of benzene rings is 2. The highest BCUT2D eigenvalue weighted by molar-refractivity contribution is 5.54. The van der Waals surface area contributed by atoms with Crippen LogP contribution in [0.15, 0.2) is 61.2 Å². The van der Waals surface area contributed by atoms with Crippen molar-refractivity contribution in [3.05, 3.63) is 72.3 Å². The number of nitrogens with zero attached hydrogens (tertiary/aromatic N) is 2. The smallest absolute Gasteiger partial charge is 0.115 e. The van der Waals surface area contributed by atoms with Crippen LogP contribution in [0.2, 0.25) is 0 Å². The van der Waals surface area contributed by atoms with Crippen molar-refractivity contribution < 1.29 is 5.11 Å². The molecular weight excluding hydrogens is 314 g/mol. The topological polar surface area (TPSA) is 74.1 Å². The summed E-state index contributed by atoms with van der Waals surface area (Å²) in [5, 5.41) is 13.0. The molecule has 4 rings (SSSR count). The molecule has 3 aromatic rings. The van der Waals surface area contributed by atoms with Crippen LogP contribution < -0.4 is 16.2 Å². The largest absolute Gasteiger partial charge is 0.508 e. The summed E-state index contributed by atoms with van der Waals surface area (Å²) in [6, 6.07) is 14.1. The molecule has 0 bridgehead atoms. The average molecular weight is 335 g/mol. The van der Waals surface area contributed by atoms with Crippen molar-refractivity contribution in [2.24, 2.45) is 0 Å². The second-order valence-electron chi connectivity index (χ2n) is 6.33. The van der Waals surface area contributed by atoms with Gasteiger partial charge in [0.15, 0.2) is 0 Å². The van der Waals surface area contributed by atoms with Gasteiger partial charge in [0.05, 0.1) is 12.5 Å². The minimum absolute atomic E-state index is 0.126. The van der Waals surface area contributed by atoms with Gasteiger partial charge in [-0.3, -0.25) is 0 Å². The molecular formula is C19H21N5O. The van der Waals surface area contributed by atoms with Crippen LogP contribution in [0.25, 0.3) is 5.69 Å². The number of phenols is 1. The summed E-state index contributed by atoms with van der Waals surface area (Å²) in [6.45, 7) is 1.98. The Labute approximate surface area is 146 Å². The first-order valence-corrected chi connectivity index (χ1v) is 8.34. The molecule has 0 saturated carbocycles. The van der Waals surface area contributed by atoms with Gasteiger partial charge >= 0.3 is 0 Å². The van der Waals surface area contributed by atoms with E-state index in [0.717, 1.165) is 23.4 Å². The number of hydrogen-bond donors (Lipinski definition) is 4. The first kappa shape index (κ1) is 15.7. The summed E-state index contributed by atoms with van der Waals surface area (Å²) in [5.74, 6) is 0.288. The number of hydrogen-bond acceptors (Lipinski definition) is 5. The van der Waals surface area contributed by atoms with E-state index in [2.05, 4.69) is 45.4 Å². The van der Waals surface area contributed by atoms with E-state index in [1.807, 2.05) is 23.8 Å². The summed E-state index contributed by atoms with van der Waals surface area (Å²) >= 11 is 0. The molecule has 1 saturated heterocycles. The molecule has 2 atom stereocenters. The lowest BCUT2D eigenvalue weighted by molar-refractivity contribution is 0.475. The van der Waals surface area contributed by atoms with E-state index in [9.17, 15) is 5.11 Å². The number of imidazole rings is 1. The molecule has 0 radical (unpaired) electrons. The second kappa shape index (κ2) is 6.58. The molecule has 25 heavy (non-hydrogen) atoms. The van der Waals surface area contributed by atoms with Gasteiger partial charge in [0.25, 0.3) is 0 Å². The zero-order chi connectivity index (χ0) is 17.2. The van der Waals surface area contributed by atoms with E-state index in [1.54, 1.807) is 24.7 Å². The molecule has 0 spiro atoms. The third-order valence-corrected chi connectivity index (χ3v) is 4.54. The number of hydrazine groups is 1. The van der Waals surface area contributed by atoms with Crippen LogP contribution in [0.1, 0.15) is 23.6 Å². The lowest BCUT2D eigenvalue weighted by atomic mass is 10.0.